The Balaban J connectivity index is 1.48. The summed E-state index contributed by atoms with van der Waals surface area (Å²) in [5, 5.41) is 10.4. The Morgan fingerprint density at radius 3 is 2.00 bits per heavy atom. The maximum absolute atomic E-state index is 13.1. The SMILES string of the molecule is CC(C)(C)CC(C)(C)c1ccc(Oc2cc3c4c(ccc5c6cccc7cccc(c2c45)c76)C(=O)NC3=O)cc1. The zero-order valence-electron chi connectivity index (χ0n) is 23.4. The second-order valence-corrected chi connectivity index (χ2v) is 12.9. The Bertz CT molecular complexity index is 2000. The summed E-state index contributed by atoms with van der Waals surface area (Å²) in [6, 6.07) is 26.5. The van der Waals surface area contributed by atoms with Gasteiger partial charge in [0.1, 0.15) is 11.5 Å². The molecule has 0 aromatic heterocycles. The number of nitrogens with one attached hydrogen (secondary N) is 1. The maximum Gasteiger partial charge on any atom is 0.258 e. The van der Waals surface area contributed by atoms with Crippen molar-refractivity contribution in [1.29, 1.82) is 0 Å². The van der Waals surface area contributed by atoms with Gasteiger partial charge in [-0.15, -0.1) is 0 Å². The number of hydrogen-bond acceptors (Lipinski definition) is 3. The monoisotopic (exact) mass is 525 g/mol. The molecule has 4 nitrogen and oxygen atoms in total. The Morgan fingerprint density at radius 2 is 1.30 bits per heavy atom. The smallest absolute Gasteiger partial charge is 0.258 e. The van der Waals surface area contributed by atoms with E-state index in [1.165, 1.54) is 5.56 Å². The van der Waals surface area contributed by atoms with Gasteiger partial charge in [-0.1, -0.05) is 89.2 Å². The molecule has 4 heteroatoms. The number of carbonyl (C=O) groups excluding carboxylic acids is 2. The van der Waals surface area contributed by atoms with E-state index in [9.17, 15) is 9.59 Å². The summed E-state index contributed by atoms with van der Waals surface area (Å²) in [6.07, 6.45) is 1.06. The van der Waals surface area contributed by atoms with Gasteiger partial charge in [0, 0.05) is 21.7 Å². The molecule has 7 rings (SSSR count). The first-order valence-corrected chi connectivity index (χ1v) is 13.8. The predicted octanol–water partition coefficient (Wildman–Crippen LogP) is 9.13. The molecule has 1 aliphatic heterocycles. The van der Waals surface area contributed by atoms with Crippen molar-refractivity contribution in [3.05, 3.63) is 95.6 Å². The lowest BCUT2D eigenvalue weighted by atomic mass is 9.72. The van der Waals surface area contributed by atoms with Gasteiger partial charge in [-0.25, -0.2) is 0 Å². The van der Waals surface area contributed by atoms with Crippen molar-refractivity contribution < 1.29 is 14.3 Å². The van der Waals surface area contributed by atoms with E-state index >= 15 is 0 Å². The van der Waals surface area contributed by atoms with E-state index in [0.717, 1.165) is 44.1 Å². The number of carbonyl (C=O) groups is 2. The first-order valence-electron chi connectivity index (χ1n) is 13.8. The van der Waals surface area contributed by atoms with Crippen molar-refractivity contribution in [2.24, 2.45) is 5.41 Å². The van der Waals surface area contributed by atoms with E-state index < -0.39 is 5.91 Å². The highest BCUT2D eigenvalue weighted by molar-refractivity contribution is 6.39. The normalized spacial score (nSPS) is 14.0. The van der Waals surface area contributed by atoms with Gasteiger partial charge in [0.15, 0.2) is 0 Å². The minimum absolute atomic E-state index is 0.0190. The van der Waals surface area contributed by atoms with Crippen LogP contribution in [0, 0.1) is 5.41 Å². The third-order valence-corrected chi connectivity index (χ3v) is 8.26. The van der Waals surface area contributed by atoms with Gasteiger partial charge in [0.25, 0.3) is 11.8 Å². The van der Waals surface area contributed by atoms with Gasteiger partial charge in [-0.2, -0.15) is 0 Å². The van der Waals surface area contributed by atoms with E-state index in [2.05, 4.69) is 88.5 Å². The van der Waals surface area contributed by atoms with Crippen LogP contribution in [0.15, 0.2) is 78.9 Å². The molecular formula is C36H31NO3. The zero-order valence-corrected chi connectivity index (χ0v) is 23.4. The van der Waals surface area contributed by atoms with Gasteiger partial charge in [-0.05, 0) is 74.0 Å². The van der Waals surface area contributed by atoms with E-state index in [4.69, 9.17) is 4.74 Å². The fraction of sp³-hybridized carbons (Fsp3) is 0.222. The molecular weight excluding hydrogens is 494 g/mol. The fourth-order valence-corrected chi connectivity index (χ4v) is 7.02. The standard InChI is InChI=1S/C36H31NO3/c1-35(2,3)19-36(4,5)21-12-14-22(15-13-21)40-28-18-27-30-26(33(38)37-34(27)39)17-16-24-23-10-6-8-20-9-7-11-25(29(20)23)31(28)32(24)30/h6-18H,19H2,1-5H3,(H,37,38,39). The molecule has 1 heterocycles. The number of amides is 2. The molecule has 0 saturated heterocycles. The van der Waals surface area contributed by atoms with Crippen molar-refractivity contribution >= 4 is 54.9 Å². The Kier molecular flexibility index (Phi) is 5.09. The Labute approximate surface area is 233 Å². The molecule has 0 spiro atoms. The largest absolute Gasteiger partial charge is 0.457 e. The van der Waals surface area contributed by atoms with E-state index in [1.54, 1.807) is 6.07 Å². The summed E-state index contributed by atoms with van der Waals surface area (Å²) in [5.74, 6) is 0.542. The van der Waals surface area contributed by atoms with E-state index in [0.29, 0.717) is 28.0 Å². The molecule has 0 bridgehead atoms. The lowest BCUT2D eigenvalue weighted by Gasteiger charge is -2.33. The average Bonchev–Trinajstić information content (AvgIpc) is 2.90. The van der Waals surface area contributed by atoms with Gasteiger partial charge in [0.05, 0.1) is 5.56 Å². The number of ether oxygens (including phenoxy) is 1. The average molecular weight is 526 g/mol. The first-order chi connectivity index (χ1) is 19.0. The van der Waals surface area contributed by atoms with Crippen LogP contribution in [0.2, 0.25) is 0 Å². The zero-order chi connectivity index (χ0) is 28.0. The summed E-state index contributed by atoms with van der Waals surface area (Å²) in [4.78, 5) is 26.0. The number of imide groups is 1. The quantitative estimate of drug-likeness (QED) is 0.142. The molecule has 6 aromatic rings. The molecule has 0 atom stereocenters. The number of benzene rings is 6. The Hall–Kier alpha value is -4.44. The van der Waals surface area contributed by atoms with Gasteiger partial charge in [0.2, 0.25) is 0 Å². The summed E-state index contributed by atoms with van der Waals surface area (Å²) in [6.45, 7) is 11.4. The Morgan fingerprint density at radius 1 is 0.650 bits per heavy atom. The van der Waals surface area contributed by atoms with Crippen LogP contribution in [-0.4, -0.2) is 11.8 Å². The molecule has 0 aliphatic carbocycles. The second-order valence-electron chi connectivity index (χ2n) is 12.9. The van der Waals surface area contributed by atoms with Gasteiger partial charge >= 0.3 is 0 Å². The number of hydrogen-bond donors (Lipinski definition) is 1. The van der Waals surface area contributed by atoms with Crippen LogP contribution in [-0.2, 0) is 5.41 Å². The summed E-state index contributed by atoms with van der Waals surface area (Å²) in [5.41, 5.74) is 2.46. The van der Waals surface area contributed by atoms with Crippen LogP contribution in [0.25, 0.3) is 43.1 Å². The van der Waals surface area contributed by atoms with E-state index in [1.807, 2.05) is 24.3 Å². The third kappa shape index (κ3) is 3.66. The minimum Gasteiger partial charge on any atom is -0.457 e. The summed E-state index contributed by atoms with van der Waals surface area (Å²) in [7, 11) is 0. The highest BCUT2D eigenvalue weighted by Crippen LogP contribution is 2.48. The van der Waals surface area contributed by atoms with Crippen molar-refractivity contribution in [3.63, 3.8) is 0 Å². The molecule has 1 aliphatic rings. The first kappa shape index (κ1) is 24.6. The van der Waals surface area contributed by atoms with Gasteiger partial charge in [-0.3, -0.25) is 14.9 Å². The molecule has 2 amide bonds. The highest BCUT2D eigenvalue weighted by atomic mass is 16.5. The second kappa shape index (κ2) is 8.28. The summed E-state index contributed by atoms with van der Waals surface area (Å²) >= 11 is 0. The number of rotatable bonds is 4. The molecule has 40 heavy (non-hydrogen) atoms. The van der Waals surface area contributed by atoms with E-state index in [-0.39, 0.29) is 16.7 Å². The minimum atomic E-state index is -0.401. The predicted molar refractivity (Wildman–Crippen MR) is 163 cm³/mol. The van der Waals surface area contributed by atoms with Crippen LogP contribution in [0.1, 0.15) is 67.3 Å². The van der Waals surface area contributed by atoms with Crippen LogP contribution < -0.4 is 10.1 Å². The van der Waals surface area contributed by atoms with Crippen molar-refractivity contribution in [3.8, 4) is 11.5 Å². The molecule has 0 fully saturated rings. The van der Waals surface area contributed by atoms with Crippen molar-refractivity contribution in [1.82, 2.24) is 5.32 Å². The molecule has 1 N–H and O–H groups in total. The van der Waals surface area contributed by atoms with Crippen LogP contribution in [0.4, 0.5) is 0 Å². The third-order valence-electron chi connectivity index (χ3n) is 8.26. The van der Waals surface area contributed by atoms with Crippen molar-refractivity contribution in [2.45, 2.75) is 46.5 Å². The molecule has 0 radical (unpaired) electrons. The molecule has 0 unspecified atom stereocenters. The summed E-state index contributed by atoms with van der Waals surface area (Å²) < 4.78 is 6.63. The topological polar surface area (TPSA) is 55.4 Å². The fourth-order valence-electron chi connectivity index (χ4n) is 7.02. The maximum atomic E-state index is 13.1. The van der Waals surface area contributed by atoms with Crippen LogP contribution in [0.3, 0.4) is 0 Å². The number of fused-ring (bicyclic) bond motifs is 2. The molecule has 6 aromatic carbocycles. The lowest BCUT2D eigenvalue weighted by molar-refractivity contribution is 0.0844. The van der Waals surface area contributed by atoms with Crippen molar-refractivity contribution in [2.75, 3.05) is 0 Å². The van der Waals surface area contributed by atoms with Crippen LogP contribution >= 0.6 is 0 Å². The van der Waals surface area contributed by atoms with Crippen LogP contribution in [0.5, 0.6) is 11.5 Å². The lowest BCUT2D eigenvalue weighted by Crippen LogP contribution is -2.34. The molecule has 198 valence electrons. The highest BCUT2D eigenvalue weighted by Gasteiger charge is 2.30. The van der Waals surface area contributed by atoms with Gasteiger partial charge < -0.3 is 4.74 Å². The molecule has 0 saturated carbocycles.